The van der Waals surface area contributed by atoms with Crippen LogP contribution in [0.3, 0.4) is 0 Å². The largest absolute Gasteiger partial charge is 0.474 e. The summed E-state index contributed by atoms with van der Waals surface area (Å²) in [5, 5.41) is 0. The number of hydrogen-bond acceptors (Lipinski definition) is 3. The van der Waals surface area contributed by atoms with Crippen LogP contribution in [0.2, 0.25) is 0 Å². The van der Waals surface area contributed by atoms with Gasteiger partial charge in [0.15, 0.2) is 0 Å². The van der Waals surface area contributed by atoms with Crippen LogP contribution in [0.5, 0.6) is 5.88 Å². The molecule has 1 heterocycles. The quantitative estimate of drug-likeness (QED) is 0.884. The first-order chi connectivity index (χ1) is 8.84. The number of ether oxygens (including phenoxy) is 1. The average Bonchev–Trinajstić information content (AvgIpc) is 2.67. The molecule has 0 saturated heterocycles. The topological polar surface area (TPSA) is 48.1 Å². The third kappa shape index (κ3) is 1.67. The van der Waals surface area contributed by atoms with Gasteiger partial charge in [0.2, 0.25) is 5.88 Å². The lowest BCUT2D eigenvalue weighted by atomic mass is 9.70. The van der Waals surface area contributed by atoms with Crippen LogP contribution in [0.1, 0.15) is 45.6 Å². The fourth-order valence-corrected chi connectivity index (χ4v) is 4.04. The summed E-state index contributed by atoms with van der Waals surface area (Å²) < 4.78 is 6.19. The van der Waals surface area contributed by atoms with E-state index in [0.717, 1.165) is 23.6 Å². The SMILES string of the molecule is Cc1cnc(OC2CC3CCC2(C)C3(C)C)cc1N. The van der Waals surface area contributed by atoms with E-state index in [1.165, 1.54) is 12.8 Å². The van der Waals surface area contributed by atoms with Gasteiger partial charge in [0.25, 0.3) is 0 Å². The smallest absolute Gasteiger partial charge is 0.215 e. The number of hydrogen-bond donors (Lipinski definition) is 1. The Labute approximate surface area is 115 Å². The van der Waals surface area contributed by atoms with Crippen molar-refractivity contribution in [2.75, 3.05) is 5.73 Å². The van der Waals surface area contributed by atoms with Crippen molar-refractivity contribution in [3.8, 4) is 5.88 Å². The normalized spacial score (nSPS) is 35.6. The predicted octanol–water partition coefficient (Wildman–Crippen LogP) is 3.57. The minimum atomic E-state index is 0.263. The van der Waals surface area contributed by atoms with E-state index in [9.17, 15) is 0 Å². The Morgan fingerprint density at radius 3 is 2.63 bits per heavy atom. The van der Waals surface area contributed by atoms with Gasteiger partial charge < -0.3 is 10.5 Å². The van der Waals surface area contributed by atoms with Crippen LogP contribution in [0.4, 0.5) is 5.69 Å². The van der Waals surface area contributed by atoms with Crippen LogP contribution >= 0.6 is 0 Å². The summed E-state index contributed by atoms with van der Waals surface area (Å²) in [6.07, 6.45) is 5.82. The van der Waals surface area contributed by atoms with E-state index in [2.05, 4.69) is 25.8 Å². The second-order valence-corrected chi connectivity index (χ2v) is 7.10. The number of anilines is 1. The fourth-order valence-electron chi connectivity index (χ4n) is 4.04. The molecule has 1 aromatic heterocycles. The predicted molar refractivity (Wildman–Crippen MR) is 77.0 cm³/mol. The zero-order valence-corrected chi connectivity index (χ0v) is 12.4. The number of pyridine rings is 1. The highest BCUT2D eigenvalue weighted by molar-refractivity contribution is 5.47. The molecule has 0 aliphatic heterocycles. The van der Waals surface area contributed by atoms with Gasteiger partial charge in [0.05, 0.1) is 0 Å². The molecular formula is C16H24N2O. The van der Waals surface area contributed by atoms with Gasteiger partial charge in [-0.3, -0.25) is 0 Å². The number of rotatable bonds is 2. The van der Waals surface area contributed by atoms with E-state index in [-0.39, 0.29) is 11.5 Å². The van der Waals surface area contributed by atoms with E-state index in [1.807, 2.05) is 13.0 Å². The molecule has 3 rings (SSSR count). The van der Waals surface area contributed by atoms with Gasteiger partial charge in [-0.25, -0.2) is 4.98 Å². The highest BCUT2D eigenvalue weighted by atomic mass is 16.5. The van der Waals surface area contributed by atoms with Crippen molar-refractivity contribution in [3.05, 3.63) is 17.8 Å². The Morgan fingerprint density at radius 2 is 2.11 bits per heavy atom. The molecule has 2 N–H and O–H groups in total. The van der Waals surface area contributed by atoms with Crippen LogP contribution in [-0.2, 0) is 0 Å². The molecule has 3 atom stereocenters. The van der Waals surface area contributed by atoms with Crippen molar-refractivity contribution in [2.45, 2.75) is 53.1 Å². The Hall–Kier alpha value is -1.25. The van der Waals surface area contributed by atoms with E-state index in [0.29, 0.717) is 11.3 Å². The van der Waals surface area contributed by atoms with Crippen LogP contribution < -0.4 is 10.5 Å². The molecule has 1 aromatic rings. The molecule has 3 unspecified atom stereocenters. The first kappa shape index (κ1) is 12.8. The molecule has 2 aliphatic rings. The third-order valence-electron chi connectivity index (χ3n) is 6.10. The molecule has 104 valence electrons. The van der Waals surface area contributed by atoms with Gasteiger partial charge >= 0.3 is 0 Å². The van der Waals surface area contributed by atoms with Gasteiger partial charge in [-0.05, 0) is 43.1 Å². The summed E-state index contributed by atoms with van der Waals surface area (Å²) in [5.74, 6) is 1.46. The molecule has 0 aromatic carbocycles. The van der Waals surface area contributed by atoms with Crippen molar-refractivity contribution in [2.24, 2.45) is 16.7 Å². The van der Waals surface area contributed by atoms with Gasteiger partial charge in [0, 0.05) is 23.4 Å². The van der Waals surface area contributed by atoms with E-state index in [1.54, 1.807) is 6.20 Å². The van der Waals surface area contributed by atoms with Crippen LogP contribution in [0, 0.1) is 23.7 Å². The van der Waals surface area contributed by atoms with Crippen molar-refractivity contribution in [3.63, 3.8) is 0 Å². The highest BCUT2D eigenvalue weighted by Crippen LogP contribution is 2.66. The lowest BCUT2D eigenvalue weighted by Crippen LogP contribution is -2.39. The monoisotopic (exact) mass is 260 g/mol. The first-order valence-corrected chi connectivity index (χ1v) is 7.23. The molecule has 0 amide bonds. The lowest BCUT2D eigenvalue weighted by Gasteiger charge is -2.38. The molecule has 2 saturated carbocycles. The lowest BCUT2D eigenvalue weighted by molar-refractivity contribution is 0.0273. The van der Waals surface area contributed by atoms with Gasteiger partial charge in [-0.1, -0.05) is 20.8 Å². The third-order valence-corrected chi connectivity index (χ3v) is 6.10. The van der Waals surface area contributed by atoms with Crippen molar-refractivity contribution in [1.29, 1.82) is 0 Å². The zero-order valence-electron chi connectivity index (χ0n) is 12.4. The highest BCUT2D eigenvalue weighted by Gasteiger charge is 2.62. The number of fused-ring (bicyclic) bond motifs is 2. The first-order valence-electron chi connectivity index (χ1n) is 7.23. The average molecular weight is 260 g/mol. The number of aromatic nitrogens is 1. The minimum Gasteiger partial charge on any atom is -0.474 e. The standard InChI is InChI=1S/C16H24N2O/c1-10-9-18-14(8-12(10)17)19-13-7-11-5-6-16(13,4)15(11,2)3/h8-9,11,13H,5-7H2,1-4H3,(H2,17,18). The van der Waals surface area contributed by atoms with Crippen LogP contribution in [-0.4, -0.2) is 11.1 Å². The summed E-state index contributed by atoms with van der Waals surface area (Å²) in [4.78, 5) is 4.36. The summed E-state index contributed by atoms with van der Waals surface area (Å²) in [5.41, 5.74) is 8.34. The van der Waals surface area contributed by atoms with Crippen LogP contribution in [0.25, 0.3) is 0 Å². The van der Waals surface area contributed by atoms with Gasteiger partial charge in [0.1, 0.15) is 6.10 Å². The Bertz CT molecular complexity index is 511. The summed E-state index contributed by atoms with van der Waals surface area (Å²) in [7, 11) is 0. The summed E-state index contributed by atoms with van der Waals surface area (Å²) >= 11 is 0. The molecule has 3 heteroatoms. The Morgan fingerprint density at radius 1 is 1.37 bits per heavy atom. The van der Waals surface area contributed by atoms with Crippen molar-refractivity contribution < 1.29 is 4.74 Å². The van der Waals surface area contributed by atoms with E-state index >= 15 is 0 Å². The Balaban J connectivity index is 1.84. The number of nitrogen functional groups attached to an aromatic ring is 1. The second-order valence-electron chi connectivity index (χ2n) is 7.10. The maximum absolute atomic E-state index is 6.19. The van der Waals surface area contributed by atoms with Crippen LogP contribution in [0.15, 0.2) is 12.3 Å². The van der Waals surface area contributed by atoms with E-state index < -0.39 is 0 Å². The molecule has 2 fully saturated rings. The maximum Gasteiger partial charge on any atom is 0.215 e. The zero-order chi connectivity index (χ0) is 13.8. The summed E-state index contributed by atoms with van der Waals surface area (Å²) in [6, 6.07) is 1.86. The molecule has 2 bridgehead atoms. The molecule has 0 radical (unpaired) electrons. The second kappa shape index (κ2) is 3.87. The number of nitrogens with zero attached hydrogens (tertiary/aromatic N) is 1. The molecule has 2 aliphatic carbocycles. The summed E-state index contributed by atoms with van der Waals surface area (Å²) in [6.45, 7) is 9.13. The molecule has 0 spiro atoms. The Kier molecular flexibility index (Phi) is 2.60. The fraction of sp³-hybridized carbons (Fsp3) is 0.688. The molecular weight excluding hydrogens is 236 g/mol. The molecule has 3 nitrogen and oxygen atoms in total. The van der Waals surface area contributed by atoms with Crippen molar-refractivity contribution >= 4 is 5.69 Å². The maximum atomic E-state index is 6.19. The molecule has 19 heavy (non-hydrogen) atoms. The van der Waals surface area contributed by atoms with Crippen molar-refractivity contribution in [1.82, 2.24) is 4.98 Å². The minimum absolute atomic E-state index is 0.263. The number of nitrogens with two attached hydrogens (primary N) is 1. The van der Waals surface area contributed by atoms with Gasteiger partial charge in [-0.15, -0.1) is 0 Å². The van der Waals surface area contributed by atoms with E-state index in [4.69, 9.17) is 10.5 Å². The van der Waals surface area contributed by atoms with Gasteiger partial charge in [-0.2, -0.15) is 0 Å². The number of aryl methyl sites for hydroxylation is 1.